The van der Waals surface area contributed by atoms with Crippen LogP contribution >= 0.6 is 0 Å². The van der Waals surface area contributed by atoms with E-state index in [0.717, 1.165) is 22.9 Å². The second-order valence-electron chi connectivity index (χ2n) is 13.8. The number of amides is 1. The number of aliphatic hydroxyl groups is 5. The highest BCUT2D eigenvalue weighted by Gasteiger charge is 2.56. The monoisotopic (exact) mass is 661 g/mol. The van der Waals surface area contributed by atoms with Gasteiger partial charge in [-0.3, -0.25) is 9.59 Å². The van der Waals surface area contributed by atoms with Crippen molar-refractivity contribution in [2.24, 2.45) is 17.8 Å². The number of rotatable bonds is 12. The maximum Gasteiger partial charge on any atom is 0.309 e. The molecule has 6 N–H and O–H groups in total. The number of fused-ring (bicyclic) bond motifs is 2. The lowest BCUT2D eigenvalue weighted by atomic mass is 9.72. The number of carbonyl (C=O) groups excluding carboxylic acids is 2. The second-order valence-corrected chi connectivity index (χ2v) is 13.8. The topological polar surface area (TPSA) is 197 Å². The molecule has 4 aliphatic rings. The van der Waals surface area contributed by atoms with E-state index in [0.29, 0.717) is 49.5 Å². The summed E-state index contributed by atoms with van der Waals surface area (Å²) in [6, 6.07) is 0. The van der Waals surface area contributed by atoms with Crippen molar-refractivity contribution >= 4 is 22.8 Å². The number of ether oxygens (including phenoxy) is 4. The summed E-state index contributed by atoms with van der Waals surface area (Å²) in [4.78, 5) is 26.4. The van der Waals surface area contributed by atoms with Crippen LogP contribution in [0.15, 0.2) is 10.7 Å². The molecule has 0 spiro atoms. The van der Waals surface area contributed by atoms with E-state index in [9.17, 15) is 35.1 Å². The molecular weight excluding hydrogens is 614 g/mol. The van der Waals surface area contributed by atoms with Gasteiger partial charge in [0.1, 0.15) is 18.3 Å². The van der Waals surface area contributed by atoms with E-state index in [1.54, 1.807) is 13.2 Å². The molecule has 2 saturated heterocycles. The summed E-state index contributed by atoms with van der Waals surface area (Å²) in [7, 11) is 0. The van der Waals surface area contributed by atoms with E-state index in [2.05, 4.69) is 19.2 Å². The fourth-order valence-corrected chi connectivity index (χ4v) is 8.02. The number of furan rings is 1. The number of carbonyl (C=O) groups is 2. The van der Waals surface area contributed by atoms with Gasteiger partial charge in [0.05, 0.1) is 32.0 Å². The average molecular weight is 662 g/mol. The minimum absolute atomic E-state index is 0.0501. The molecule has 1 amide bonds. The van der Waals surface area contributed by atoms with Gasteiger partial charge < -0.3 is 54.2 Å². The number of aliphatic hydroxyl groups excluding tert-OH is 4. The van der Waals surface area contributed by atoms with E-state index < -0.39 is 55.8 Å². The van der Waals surface area contributed by atoms with E-state index in [1.165, 1.54) is 0 Å². The summed E-state index contributed by atoms with van der Waals surface area (Å²) in [5, 5.41) is 57.0. The molecule has 0 unspecified atom stereocenters. The Morgan fingerprint density at radius 1 is 1.17 bits per heavy atom. The normalized spacial score (nSPS) is 33.0. The van der Waals surface area contributed by atoms with Crippen molar-refractivity contribution in [3.05, 3.63) is 23.0 Å². The minimum Gasteiger partial charge on any atom is -0.486 e. The van der Waals surface area contributed by atoms with E-state index >= 15 is 0 Å². The van der Waals surface area contributed by atoms with E-state index in [-0.39, 0.29) is 54.2 Å². The van der Waals surface area contributed by atoms with Gasteiger partial charge in [0.25, 0.3) is 0 Å². The van der Waals surface area contributed by atoms with Gasteiger partial charge in [-0.15, -0.1) is 0 Å². The number of benzene rings is 1. The molecular formula is C34H47NO12. The summed E-state index contributed by atoms with van der Waals surface area (Å²) in [5.41, 5.74) is 0.475. The lowest BCUT2D eigenvalue weighted by molar-refractivity contribution is -0.323. The standard InChI is InChI=1S/C34H47NO12/c1-4-43-32(41)18-10-17-11-19-21(13-35-31(19)40)22-15-45-28-25(22)24(17)20(12-18)27(29(28)44-9-5-6-16(2)3)47-33-34(42,7-8-36)30(39)26(38)23(14-37)46-33/h15-19,21,23,26,30,33,36-39,42H,4-14H2,1-3H3,(H,35,40)/t17-,18-,19+,21-,23+,26+,30-,33-,34+/m0/s1. The van der Waals surface area contributed by atoms with Gasteiger partial charge >= 0.3 is 5.97 Å². The van der Waals surface area contributed by atoms with E-state index in [1.807, 2.05) is 0 Å². The molecule has 0 radical (unpaired) electrons. The zero-order valence-corrected chi connectivity index (χ0v) is 27.1. The van der Waals surface area contributed by atoms with Crippen molar-refractivity contribution in [3.63, 3.8) is 0 Å². The first-order chi connectivity index (χ1) is 22.5. The Bertz CT molecular complexity index is 1470. The summed E-state index contributed by atoms with van der Waals surface area (Å²) < 4.78 is 30.6. The molecule has 1 aromatic carbocycles. The highest BCUT2D eigenvalue weighted by molar-refractivity contribution is 5.97. The van der Waals surface area contributed by atoms with Gasteiger partial charge in [0.2, 0.25) is 17.9 Å². The maximum absolute atomic E-state index is 13.3. The van der Waals surface area contributed by atoms with Gasteiger partial charge in [-0.2, -0.15) is 0 Å². The third-order valence-electron chi connectivity index (χ3n) is 10.4. The molecule has 2 aliphatic heterocycles. The van der Waals surface area contributed by atoms with Gasteiger partial charge in [-0.25, -0.2) is 0 Å². The number of nitrogens with one attached hydrogen (secondary N) is 1. The first-order valence-electron chi connectivity index (χ1n) is 16.8. The smallest absolute Gasteiger partial charge is 0.309 e. The summed E-state index contributed by atoms with van der Waals surface area (Å²) >= 11 is 0. The molecule has 0 bridgehead atoms. The van der Waals surface area contributed by atoms with Gasteiger partial charge in [-0.05, 0) is 56.4 Å². The molecule has 2 aliphatic carbocycles. The fraction of sp³-hybridized carbons (Fsp3) is 0.706. The summed E-state index contributed by atoms with van der Waals surface area (Å²) in [6.45, 7) is 5.67. The largest absolute Gasteiger partial charge is 0.486 e. The van der Waals surface area contributed by atoms with Crippen LogP contribution in [0, 0.1) is 17.8 Å². The van der Waals surface area contributed by atoms with Crippen LogP contribution in [0.3, 0.4) is 0 Å². The Hall–Kier alpha value is -2.94. The third-order valence-corrected chi connectivity index (χ3v) is 10.4. The molecule has 0 saturated carbocycles. The average Bonchev–Trinajstić information content (AvgIpc) is 3.59. The van der Waals surface area contributed by atoms with Crippen molar-refractivity contribution in [3.8, 4) is 11.5 Å². The van der Waals surface area contributed by atoms with E-state index in [4.69, 9.17) is 23.4 Å². The highest BCUT2D eigenvalue weighted by Crippen LogP contribution is 2.57. The van der Waals surface area contributed by atoms with Crippen LogP contribution in [-0.4, -0.2) is 101 Å². The molecule has 2 aromatic rings. The zero-order chi connectivity index (χ0) is 33.6. The third kappa shape index (κ3) is 5.89. The molecule has 1 aromatic heterocycles. The van der Waals surface area contributed by atoms with Crippen LogP contribution < -0.4 is 14.8 Å². The summed E-state index contributed by atoms with van der Waals surface area (Å²) in [6.07, 6.45) is -2.49. The van der Waals surface area contributed by atoms with Crippen molar-refractivity contribution in [2.45, 2.75) is 101 Å². The van der Waals surface area contributed by atoms with Gasteiger partial charge in [0.15, 0.2) is 16.9 Å². The molecule has 9 atom stereocenters. The number of hydrogen-bond donors (Lipinski definition) is 6. The van der Waals surface area contributed by atoms with Crippen LogP contribution in [0.5, 0.6) is 11.5 Å². The predicted molar refractivity (Wildman–Crippen MR) is 166 cm³/mol. The highest BCUT2D eigenvalue weighted by atomic mass is 16.7. The second kappa shape index (κ2) is 13.5. The molecule has 260 valence electrons. The van der Waals surface area contributed by atoms with Crippen LogP contribution in [0.4, 0.5) is 0 Å². The van der Waals surface area contributed by atoms with Crippen LogP contribution in [0.1, 0.15) is 81.4 Å². The maximum atomic E-state index is 13.3. The Labute approximate surface area is 273 Å². The predicted octanol–water partition coefficient (Wildman–Crippen LogP) is 1.62. The fourth-order valence-electron chi connectivity index (χ4n) is 8.02. The van der Waals surface area contributed by atoms with Crippen LogP contribution in [0.25, 0.3) is 11.0 Å². The van der Waals surface area contributed by atoms with Crippen molar-refractivity contribution in [1.82, 2.24) is 5.32 Å². The Balaban J connectivity index is 1.55. The van der Waals surface area contributed by atoms with Crippen molar-refractivity contribution in [2.75, 3.05) is 33.0 Å². The Morgan fingerprint density at radius 3 is 2.66 bits per heavy atom. The molecule has 3 heterocycles. The lowest BCUT2D eigenvalue weighted by Gasteiger charge is -2.47. The first-order valence-corrected chi connectivity index (χ1v) is 16.8. The van der Waals surface area contributed by atoms with Crippen molar-refractivity contribution in [1.29, 1.82) is 0 Å². The zero-order valence-electron chi connectivity index (χ0n) is 27.1. The van der Waals surface area contributed by atoms with Crippen LogP contribution in [0.2, 0.25) is 0 Å². The van der Waals surface area contributed by atoms with Gasteiger partial charge in [0, 0.05) is 47.9 Å². The Kier molecular flexibility index (Phi) is 9.76. The van der Waals surface area contributed by atoms with Crippen molar-refractivity contribution < 1.29 is 58.5 Å². The first kappa shape index (κ1) is 33.9. The number of hydrogen-bond acceptors (Lipinski definition) is 12. The molecule has 13 nitrogen and oxygen atoms in total. The quantitative estimate of drug-likeness (QED) is 0.142. The van der Waals surface area contributed by atoms with Gasteiger partial charge in [-0.1, -0.05) is 13.8 Å². The SMILES string of the molecule is CCOC(=O)[C@@H]1Cc2c(O[C@@H]3O[C@H](CO)[C@@H](O)[C@H](O)[C@]3(O)CCO)c(OCCCC(C)C)c3occ4c3c2[C@@H](C1)C[C@H]1C(=O)NC[C@H]41. The molecule has 2 fully saturated rings. The lowest BCUT2D eigenvalue weighted by Crippen LogP contribution is -2.68. The molecule has 47 heavy (non-hydrogen) atoms. The molecule has 13 heteroatoms. The summed E-state index contributed by atoms with van der Waals surface area (Å²) in [5.74, 6) is -0.923. The minimum atomic E-state index is -2.29. The molecule has 6 rings (SSSR count). The van der Waals surface area contributed by atoms with Crippen LogP contribution in [-0.2, 0) is 25.5 Å². The Morgan fingerprint density at radius 2 is 1.96 bits per heavy atom. The number of esters is 1.